The van der Waals surface area contributed by atoms with Crippen molar-refractivity contribution in [2.24, 2.45) is 0 Å². The van der Waals surface area contributed by atoms with Crippen molar-refractivity contribution in [3.05, 3.63) is 82.6 Å². The lowest BCUT2D eigenvalue weighted by Crippen LogP contribution is -2.25. The second kappa shape index (κ2) is 8.66. The van der Waals surface area contributed by atoms with Gasteiger partial charge in [0.15, 0.2) is 5.76 Å². The first-order chi connectivity index (χ1) is 16.5. The van der Waals surface area contributed by atoms with Crippen molar-refractivity contribution in [3.8, 4) is 17.4 Å². The number of carbonyl (C=O) groups excluding carboxylic acids is 2. The summed E-state index contributed by atoms with van der Waals surface area (Å²) in [4.78, 5) is 48.2. The molecule has 0 saturated heterocycles. The summed E-state index contributed by atoms with van der Waals surface area (Å²) in [5.41, 5.74) is 1.63. The molecule has 0 fully saturated rings. The Balaban J connectivity index is 1.53. The molecule has 0 radical (unpaired) electrons. The fourth-order valence-electron chi connectivity index (χ4n) is 3.71. The minimum absolute atomic E-state index is 0.114. The zero-order valence-electron chi connectivity index (χ0n) is 18.2. The molecule has 10 nitrogen and oxygen atoms in total. The SMILES string of the molecule is CCCc1cc(=O)[nH]c(-n2nc(-c3ccco3)cc2NC(=O)C(=O)c2c[nH]c3ccccc23)n1. The van der Waals surface area contributed by atoms with Gasteiger partial charge in [-0.2, -0.15) is 9.78 Å². The lowest BCUT2D eigenvalue weighted by atomic mass is 10.1. The van der Waals surface area contributed by atoms with Gasteiger partial charge < -0.3 is 14.7 Å². The highest BCUT2D eigenvalue weighted by atomic mass is 16.3. The number of carbonyl (C=O) groups is 2. The molecule has 0 saturated carbocycles. The van der Waals surface area contributed by atoms with Gasteiger partial charge in [0.1, 0.15) is 11.5 Å². The first kappa shape index (κ1) is 21.1. The number of Topliss-reactive ketones (excluding diaryl/α,β-unsaturated/α-hetero) is 1. The summed E-state index contributed by atoms with van der Waals surface area (Å²) < 4.78 is 6.69. The van der Waals surface area contributed by atoms with Crippen LogP contribution in [0.5, 0.6) is 0 Å². The second-order valence-corrected chi connectivity index (χ2v) is 7.65. The number of amides is 1. The van der Waals surface area contributed by atoms with Crippen LogP contribution in [0.15, 0.2) is 70.2 Å². The van der Waals surface area contributed by atoms with Crippen molar-refractivity contribution < 1.29 is 14.0 Å². The van der Waals surface area contributed by atoms with Gasteiger partial charge in [0.2, 0.25) is 5.95 Å². The van der Waals surface area contributed by atoms with Crippen LogP contribution in [0, 0.1) is 0 Å². The maximum atomic E-state index is 12.9. The number of hydrogen-bond acceptors (Lipinski definition) is 6. The normalized spacial score (nSPS) is 11.1. The minimum Gasteiger partial charge on any atom is -0.463 e. The maximum absolute atomic E-state index is 12.9. The molecule has 34 heavy (non-hydrogen) atoms. The summed E-state index contributed by atoms with van der Waals surface area (Å²) in [6.45, 7) is 1.98. The van der Waals surface area contributed by atoms with Gasteiger partial charge in [-0.1, -0.05) is 31.5 Å². The number of aryl methyl sites for hydroxylation is 1. The number of aromatic nitrogens is 5. The van der Waals surface area contributed by atoms with E-state index in [1.54, 1.807) is 30.3 Å². The molecule has 0 unspecified atom stereocenters. The molecule has 4 aromatic heterocycles. The number of H-pyrrole nitrogens is 2. The fourth-order valence-corrected chi connectivity index (χ4v) is 3.71. The summed E-state index contributed by atoms with van der Waals surface area (Å²) in [7, 11) is 0. The Labute approximate surface area is 192 Å². The number of nitrogens with one attached hydrogen (secondary N) is 3. The van der Waals surface area contributed by atoms with E-state index in [2.05, 4.69) is 25.4 Å². The third-order valence-electron chi connectivity index (χ3n) is 5.25. The van der Waals surface area contributed by atoms with E-state index >= 15 is 0 Å². The summed E-state index contributed by atoms with van der Waals surface area (Å²) in [5, 5.41) is 7.70. The molecule has 170 valence electrons. The summed E-state index contributed by atoms with van der Waals surface area (Å²) >= 11 is 0. The zero-order chi connectivity index (χ0) is 23.7. The molecule has 5 aromatic rings. The van der Waals surface area contributed by atoms with Gasteiger partial charge in [-0.05, 0) is 24.6 Å². The van der Waals surface area contributed by atoms with E-state index in [4.69, 9.17) is 4.42 Å². The lowest BCUT2D eigenvalue weighted by Gasteiger charge is -2.08. The number of benzene rings is 1. The first-order valence-corrected chi connectivity index (χ1v) is 10.7. The van der Waals surface area contributed by atoms with Gasteiger partial charge in [-0.15, -0.1) is 0 Å². The molecule has 0 aliphatic carbocycles. The number of ketones is 1. The van der Waals surface area contributed by atoms with Gasteiger partial charge in [-0.25, -0.2) is 4.98 Å². The number of furan rings is 1. The summed E-state index contributed by atoms with van der Waals surface area (Å²) in [5.74, 6) is -0.857. The molecule has 3 N–H and O–H groups in total. The number of fused-ring (bicyclic) bond motifs is 1. The fraction of sp³-hybridized carbons (Fsp3) is 0.125. The molecule has 0 aliphatic rings. The Morgan fingerprint density at radius 1 is 1.15 bits per heavy atom. The molecule has 5 rings (SSSR count). The van der Waals surface area contributed by atoms with E-state index in [1.165, 1.54) is 23.2 Å². The Hall–Kier alpha value is -4.73. The van der Waals surface area contributed by atoms with E-state index in [0.29, 0.717) is 29.0 Å². The molecule has 1 amide bonds. The average Bonchev–Trinajstić information content (AvgIpc) is 3.58. The van der Waals surface area contributed by atoms with Crippen molar-refractivity contribution in [2.45, 2.75) is 19.8 Å². The maximum Gasteiger partial charge on any atom is 0.298 e. The predicted octanol–water partition coefficient (Wildman–Crippen LogP) is 3.47. The highest BCUT2D eigenvalue weighted by molar-refractivity contribution is 6.48. The molecule has 1 aromatic carbocycles. The number of rotatable bonds is 7. The predicted molar refractivity (Wildman–Crippen MR) is 125 cm³/mol. The quantitative estimate of drug-likeness (QED) is 0.253. The number of nitrogens with zero attached hydrogens (tertiary/aromatic N) is 3. The average molecular weight is 456 g/mol. The van der Waals surface area contributed by atoms with Crippen molar-refractivity contribution in [3.63, 3.8) is 0 Å². The largest absolute Gasteiger partial charge is 0.463 e. The van der Waals surface area contributed by atoms with Crippen molar-refractivity contribution in [1.29, 1.82) is 0 Å². The number of hydrogen-bond donors (Lipinski definition) is 3. The third kappa shape index (κ3) is 3.92. The van der Waals surface area contributed by atoms with Gasteiger partial charge >= 0.3 is 0 Å². The second-order valence-electron chi connectivity index (χ2n) is 7.65. The third-order valence-corrected chi connectivity index (χ3v) is 5.25. The molecule has 0 atom stereocenters. The molecule has 10 heteroatoms. The van der Waals surface area contributed by atoms with E-state index in [1.807, 2.05) is 19.1 Å². The van der Waals surface area contributed by atoms with Gasteiger partial charge in [0.05, 0.1) is 11.8 Å². The highest BCUT2D eigenvalue weighted by Crippen LogP contribution is 2.25. The molecule has 0 spiro atoms. The van der Waals surface area contributed by atoms with Gasteiger partial charge in [-0.3, -0.25) is 19.4 Å². The topological polar surface area (TPSA) is 139 Å². The number of aromatic amines is 2. The van der Waals surface area contributed by atoms with Crippen LogP contribution in [0.4, 0.5) is 5.82 Å². The Kier molecular flexibility index (Phi) is 5.38. The molecule has 0 bridgehead atoms. The Bertz CT molecular complexity index is 1560. The summed E-state index contributed by atoms with van der Waals surface area (Å²) in [6, 6.07) is 13.6. The molecule has 4 heterocycles. The smallest absolute Gasteiger partial charge is 0.298 e. The van der Waals surface area contributed by atoms with Crippen LogP contribution < -0.4 is 10.9 Å². The zero-order valence-corrected chi connectivity index (χ0v) is 18.2. The Morgan fingerprint density at radius 3 is 2.79 bits per heavy atom. The monoisotopic (exact) mass is 456 g/mol. The van der Waals surface area contributed by atoms with E-state index in [9.17, 15) is 14.4 Å². The van der Waals surface area contributed by atoms with Gasteiger partial charge in [0, 0.05) is 34.9 Å². The van der Waals surface area contributed by atoms with Crippen molar-refractivity contribution in [1.82, 2.24) is 24.7 Å². The van der Waals surface area contributed by atoms with E-state index in [0.717, 1.165) is 11.9 Å². The molecular formula is C24H20N6O4. The van der Waals surface area contributed by atoms with Crippen molar-refractivity contribution >= 4 is 28.4 Å². The highest BCUT2D eigenvalue weighted by Gasteiger charge is 2.23. The van der Waals surface area contributed by atoms with E-state index < -0.39 is 11.7 Å². The molecule has 0 aliphatic heterocycles. The van der Waals surface area contributed by atoms with Gasteiger partial charge in [0.25, 0.3) is 17.2 Å². The van der Waals surface area contributed by atoms with Crippen LogP contribution in [0.3, 0.4) is 0 Å². The summed E-state index contributed by atoms with van der Waals surface area (Å²) in [6.07, 6.45) is 4.40. The standard InChI is InChI=1S/C24H20N6O4/c1-2-6-14-11-21(31)28-24(26-14)30-20(12-18(29-30)19-9-5-10-34-19)27-23(33)22(32)16-13-25-17-8-4-3-7-15(16)17/h3-5,7-13,25H,2,6H2,1H3,(H,27,33)(H,26,28,31). The van der Waals surface area contributed by atoms with E-state index in [-0.39, 0.29) is 22.9 Å². The minimum atomic E-state index is -0.857. The van der Waals surface area contributed by atoms with Crippen molar-refractivity contribution in [2.75, 3.05) is 5.32 Å². The van der Waals surface area contributed by atoms with Crippen LogP contribution in [0.2, 0.25) is 0 Å². The van der Waals surface area contributed by atoms with Crippen LogP contribution in [-0.2, 0) is 11.2 Å². The lowest BCUT2D eigenvalue weighted by molar-refractivity contribution is -0.112. The van der Waals surface area contributed by atoms with Crippen LogP contribution in [0.25, 0.3) is 28.3 Å². The van der Waals surface area contributed by atoms with Crippen LogP contribution >= 0.6 is 0 Å². The number of para-hydroxylation sites is 1. The first-order valence-electron chi connectivity index (χ1n) is 10.7. The van der Waals surface area contributed by atoms with Crippen LogP contribution in [-0.4, -0.2) is 36.4 Å². The number of anilines is 1. The Morgan fingerprint density at radius 2 is 2.00 bits per heavy atom. The molecular weight excluding hydrogens is 436 g/mol. The van der Waals surface area contributed by atoms with Crippen LogP contribution in [0.1, 0.15) is 29.4 Å².